The first-order chi connectivity index (χ1) is 6.18. The molecule has 0 fully saturated rings. The van der Waals surface area contributed by atoms with E-state index in [1.807, 2.05) is 10.9 Å². The van der Waals surface area contributed by atoms with Crippen LogP contribution < -0.4 is 0 Å². The SMILES string of the molecule is CC(C)COCCn1cc(Br)cn1. The second kappa shape index (κ2) is 5.40. The first kappa shape index (κ1) is 10.7. The molecule has 0 unspecified atom stereocenters. The van der Waals surface area contributed by atoms with E-state index in [1.165, 1.54) is 0 Å². The maximum absolute atomic E-state index is 5.43. The van der Waals surface area contributed by atoms with Gasteiger partial charge in [-0.15, -0.1) is 0 Å². The molecule has 4 heteroatoms. The van der Waals surface area contributed by atoms with Crippen molar-refractivity contribution in [1.82, 2.24) is 9.78 Å². The third-order valence-corrected chi connectivity index (χ3v) is 1.93. The van der Waals surface area contributed by atoms with Crippen LogP contribution in [0.15, 0.2) is 16.9 Å². The largest absolute Gasteiger partial charge is 0.379 e. The van der Waals surface area contributed by atoms with E-state index in [0.29, 0.717) is 5.92 Å². The Labute approximate surface area is 87.2 Å². The number of hydrogen-bond acceptors (Lipinski definition) is 2. The van der Waals surface area contributed by atoms with Crippen LogP contribution in [-0.2, 0) is 11.3 Å². The molecule has 13 heavy (non-hydrogen) atoms. The number of halogens is 1. The van der Waals surface area contributed by atoms with E-state index in [0.717, 1.165) is 24.2 Å². The summed E-state index contributed by atoms with van der Waals surface area (Å²) in [5, 5.41) is 4.12. The molecule has 0 saturated carbocycles. The Morgan fingerprint density at radius 3 is 2.92 bits per heavy atom. The maximum atomic E-state index is 5.43. The van der Waals surface area contributed by atoms with Gasteiger partial charge in [-0.25, -0.2) is 0 Å². The van der Waals surface area contributed by atoms with E-state index >= 15 is 0 Å². The predicted octanol–water partition coefficient (Wildman–Crippen LogP) is 2.32. The summed E-state index contributed by atoms with van der Waals surface area (Å²) in [6, 6.07) is 0. The Bertz CT molecular complexity index is 248. The standard InChI is InChI=1S/C9H15BrN2O/c1-8(2)7-13-4-3-12-6-9(10)5-11-12/h5-6,8H,3-4,7H2,1-2H3. The van der Waals surface area contributed by atoms with Gasteiger partial charge in [0.25, 0.3) is 0 Å². The molecule has 0 N–H and O–H groups in total. The van der Waals surface area contributed by atoms with Crippen LogP contribution in [0.5, 0.6) is 0 Å². The van der Waals surface area contributed by atoms with Crippen molar-refractivity contribution in [1.29, 1.82) is 0 Å². The van der Waals surface area contributed by atoms with E-state index in [-0.39, 0.29) is 0 Å². The summed E-state index contributed by atoms with van der Waals surface area (Å²) in [6.45, 7) is 6.65. The minimum Gasteiger partial charge on any atom is -0.379 e. The van der Waals surface area contributed by atoms with E-state index < -0.39 is 0 Å². The summed E-state index contributed by atoms with van der Waals surface area (Å²) >= 11 is 3.34. The fourth-order valence-corrected chi connectivity index (χ4v) is 1.27. The van der Waals surface area contributed by atoms with Crippen LogP contribution in [-0.4, -0.2) is 23.0 Å². The lowest BCUT2D eigenvalue weighted by Gasteiger charge is -2.06. The smallest absolute Gasteiger partial charge is 0.0662 e. The number of ether oxygens (including phenoxy) is 1. The molecule has 0 saturated heterocycles. The monoisotopic (exact) mass is 246 g/mol. The molecular formula is C9H15BrN2O. The number of hydrogen-bond donors (Lipinski definition) is 0. The highest BCUT2D eigenvalue weighted by molar-refractivity contribution is 9.10. The molecule has 0 bridgehead atoms. The highest BCUT2D eigenvalue weighted by Crippen LogP contribution is 2.05. The van der Waals surface area contributed by atoms with Crippen molar-refractivity contribution in [3.63, 3.8) is 0 Å². The first-order valence-corrected chi connectivity index (χ1v) is 5.23. The lowest BCUT2D eigenvalue weighted by Crippen LogP contribution is -2.09. The van der Waals surface area contributed by atoms with Crippen LogP contribution in [0.4, 0.5) is 0 Å². The highest BCUT2D eigenvalue weighted by atomic mass is 79.9. The normalized spacial score (nSPS) is 11.1. The number of rotatable bonds is 5. The number of aromatic nitrogens is 2. The molecule has 1 rings (SSSR count). The molecule has 0 radical (unpaired) electrons. The molecular weight excluding hydrogens is 232 g/mol. The molecule has 74 valence electrons. The molecule has 0 aliphatic carbocycles. The second-order valence-corrected chi connectivity index (χ2v) is 4.31. The molecule has 1 aromatic rings. The van der Waals surface area contributed by atoms with Crippen LogP contribution in [0.1, 0.15) is 13.8 Å². The Hall–Kier alpha value is -0.350. The molecule has 1 heterocycles. The van der Waals surface area contributed by atoms with Crippen molar-refractivity contribution in [3.05, 3.63) is 16.9 Å². The van der Waals surface area contributed by atoms with Gasteiger partial charge in [0.15, 0.2) is 0 Å². The zero-order chi connectivity index (χ0) is 9.68. The van der Waals surface area contributed by atoms with Crippen molar-refractivity contribution in [2.45, 2.75) is 20.4 Å². The Balaban J connectivity index is 2.13. The van der Waals surface area contributed by atoms with Gasteiger partial charge in [-0.3, -0.25) is 4.68 Å². The topological polar surface area (TPSA) is 27.1 Å². The number of nitrogens with zero attached hydrogens (tertiary/aromatic N) is 2. The van der Waals surface area contributed by atoms with Gasteiger partial charge < -0.3 is 4.74 Å². The van der Waals surface area contributed by atoms with Crippen LogP contribution in [0.2, 0.25) is 0 Å². The zero-order valence-electron chi connectivity index (χ0n) is 8.03. The predicted molar refractivity (Wildman–Crippen MR) is 55.6 cm³/mol. The van der Waals surface area contributed by atoms with Crippen molar-refractivity contribution < 1.29 is 4.74 Å². The molecule has 0 aromatic carbocycles. The Morgan fingerprint density at radius 2 is 2.38 bits per heavy atom. The zero-order valence-corrected chi connectivity index (χ0v) is 9.62. The van der Waals surface area contributed by atoms with Gasteiger partial charge in [0, 0.05) is 12.8 Å². The summed E-state index contributed by atoms with van der Waals surface area (Å²) in [7, 11) is 0. The highest BCUT2D eigenvalue weighted by Gasteiger charge is 1.96. The Morgan fingerprint density at radius 1 is 1.62 bits per heavy atom. The molecule has 1 aromatic heterocycles. The summed E-state index contributed by atoms with van der Waals surface area (Å²) in [5.41, 5.74) is 0. The van der Waals surface area contributed by atoms with Gasteiger partial charge in [0.05, 0.1) is 23.8 Å². The third-order valence-electron chi connectivity index (χ3n) is 1.52. The first-order valence-electron chi connectivity index (χ1n) is 4.44. The minimum absolute atomic E-state index is 0.601. The van der Waals surface area contributed by atoms with Crippen molar-refractivity contribution >= 4 is 15.9 Å². The van der Waals surface area contributed by atoms with Crippen LogP contribution >= 0.6 is 15.9 Å². The fraction of sp³-hybridized carbons (Fsp3) is 0.667. The summed E-state index contributed by atoms with van der Waals surface area (Å²) in [6.07, 6.45) is 3.72. The molecule has 0 amide bonds. The summed E-state index contributed by atoms with van der Waals surface area (Å²) < 4.78 is 8.31. The average molecular weight is 247 g/mol. The van der Waals surface area contributed by atoms with E-state index in [4.69, 9.17) is 4.74 Å². The van der Waals surface area contributed by atoms with Gasteiger partial charge in [-0.1, -0.05) is 13.8 Å². The van der Waals surface area contributed by atoms with Gasteiger partial charge in [0.2, 0.25) is 0 Å². The molecule has 0 aliphatic heterocycles. The van der Waals surface area contributed by atoms with E-state index in [2.05, 4.69) is 34.9 Å². The second-order valence-electron chi connectivity index (χ2n) is 3.39. The van der Waals surface area contributed by atoms with Crippen molar-refractivity contribution in [2.24, 2.45) is 5.92 Å². The molecule has 3 nitrogen and oxygen atoms in total. The van der Waals surface area contributed by atoms with Crippen molar-refractivity contribution in [2.75, 3.05) is 13.2 Å². The lowest BCUT2D eigenvalue weighted by atomic mass is 10.2. The average Bonchev–Trinajstić information content (AvgIpc) is 2.45. The summed E-state index contributed by atoms with van der Waals surface area (Å²) in [4.78, 5) is 0. The molecule has 0 atom stereocenters. The summed E-state index contributed by atoms with van der Waals surface area (Å²) in [5.74, 6) is 0.601. The molecule has 0 spiro atoms. The van der Waals surface area contributed by atoms with Gasteiger partial charge >= 0.3 is 0 Å². The van der Waals surface area contributed by atoms with Crippen LogP contribution in [0.3, 0.4) is 0 Å². The van der Waals surface area contributed by atoms with E-state index in [9.17, 15) is 0 Å². The minimum atomic E-state index is 0.601. The van der Waals surface area contributed by atoms with Crippen molar-refractivity contribution in [3.8, 4) is 0 Å². The lowest BCUT2D eigenvalue weighted by molar-refractivity contribution is 0.101. The quantitative estimate of drug-likeness (QED) is 0.746. The van der Waals surface area contributed by atoms with Crippen LogP contribution in [0, 0.1) is 5.92 Å². The fourth-order valence-electron chi connectivity index (χ4n) is 0.938. The van der Waals surface area contributed by atoms with Crippen LogP contribution in [0.25, 0.3) is 0 Å². The Kier molecular flexibility index (Phi) is 4.45. The third kappa shape index (κ3) is 4.43. The maximum Gasteiger partial charge on any atom is 0.0662 e. The van der Waals surface area contributed by atoms with Gasteiger partial charge in [-0.2, -0.15) is 5.10 Å². The van der Waals surface area contributed by atoms with Gasteiger partial charge in [0.1, 0.15) is 0 Å². The van der Waals surface area contributed by atoms with E-state index in [1.54, 1.807) is 6.20 Å². The van der Waals surface area contributed by atoms with Gasteiger partial charge in [-0.05, 0) is 21.8 Å². The molecule has 0 aliphatic rings.